The molecule has 1 atom stereocenters. The van der Waals surface area contributed by atoms with Gasteiger partial charge in [0.1, 0.15) is 6.04 Å². The molecule has 0 radical (unpaired) electrons. The topological polar surface area (TPSA) is 57.6 Å². The second kappa shape index (κ2) is 4.96. The Morgan fingerprint density at radius 1 is 1.10 bits per heavy atom. The highest BCUT2D eigenvalue weighted by molar-refractivity contribution is 6.08. The first-order valence-corrected chi connectivity index (χ1v) is 6.70. The smallest absolute Gasteiger partial charge is 0.326 e. The van der Waals surface area contributed by atoms with E-state index in [0.29, 0.717) is 18.5 Å². The number of hydrogen-bond acceptors (Lipinski definition) is 2. The lowest BCUT2D eigenvalue weighted by Gasteiger charge is -2.22. The number of carboxylic acid groups (broad SMARTS) is 1. The molecule has 1 N–H and O–H groups in total. The van der Waals surface area contributed by atoms with Gasteiger partial charge in [0.25, 0.3) is 5.91 Å². The quantitative estimate of drug-likeness (QED) is 0.911. The van der Waals surface area contributed by atoms with E-state index in [-0.39, 0.29) is 5.91 Å². The van der Waals surface area contributed by atoms with E-state index in [1.165, 1.54) is 4.90 Å². The average Bonchev–Trinajstić information content (AvgIpc) is 2.95. The van der Waals surface area contributed by atoms with E-state index in [1.807, 2.05) is 36.4 Å². The molecule has 102 valence electrons. The van der Waals surface area contributed by atoms with Gasteiger partial charge in [-0.15, -0.1) is 0 Å². The number of carbonyl (C=O) groups excluding carboxylic acids is 1. The molecule has 4 nitrogen and oxygen atoms in total. The minimum absolute atomic E-state index is 0.188. The van der Waals surface area contributed by atoms with Gasteiger partial charge in [0.05, 0.1) is 0 Å². The first kappa shape index (κ1) is 12.7. The summed E-state index contributed by atoms with van der Waals surface area (Å²) >= 11 is 0. The lowest BCUT2D eigenvalue weighted by molar-refractivity contribution is -0.141. The Morgan fingerprint density at radius 3 is 2.65 bits per heavy atom. The van der Waals surface area contributed by atoms with Crippen molar-refractivity contribution < 1.29 is 14.7 Å². The van der Waals surface area contributed by atoms with Crippen molar-refractivity contribution in [2.45, 2.75) is 18.9 Å². The normalized spacial score (nSPS) is 18.4. The summed E-state index contributed by atoms with van der Waals surface area (Å²) in [6, 6.07) is 12.5. The Hall–Kier alpha value is -2.36. The van der Waals surface area contributed by atoms with Crippen LogP contribution >= 0.6 is 0 Å². The van der Waals surface area contributed by atoms with Crippen LogP contribution < -0.4 is 0 Å². The first-order valence-electron chi connectivity index (χ1n) is 6.70. The van der Waals surface area contributed by atoms with Crippen LogP contribution in [0.15, 0.2) is 42.5 Å². The highest BCUT2D eigenvalue weighted by atomic mass is 16.4. The van der Waals surface area contributed by atoms with Crippen molar-refractivity contribution in [3.8, 4) is 0 Å². The van der Waals surface area contributed by atoms with Crippen LogP contribution in [0, 0.1) is 0 Å². The molecule has 0 spiro atoms. The molecule has 0 aliphatic carbocycles. The number of nitrogens with zero attached hydrogens (tertiary/aromatic N) is 1. The Morgan fingerprint density at radius 2 is 1.85 bits per heavy atom. The van der Waals surface area contributed by atoms with E-state index in [1.54, 1.807) is 6.07 Å². The molecule has 1 aliphatic heterocycles. The summed E-state index contributed by atoms with van der Waals surface area (Å²) in [7, 11) is 0. The summed E-state index contributed by atoms with van der Waals surface area (Å²) in [5, 5.41) is 11.1. The fourth-order valence-corrected chi connectivity index (χ4v) is 2.83. The molecule has 3 rings (SSSR count). The number of benzene rings is 2. The number of carboxylic acids is 1. The van der Waals surface area contributed by atoms with Gasteiger partial charge < -0.3 is 10.0 Å². The van der Waals surface area contributed by atoms with Crippen molar-refractivity contribution in [3.05, 3.63) is 48.0 Å². The average molecular weight is 269 g/mol. The molecule has 2 aromatic carbocycles. The summed E-state index contributed by atoms with van der Waals surface area (Å²) in [6.45, 7) is 0.513. The van der Waals surface area contributed by atoms with Crippen LogP contribution in [0.1, 0.15) is 23.2 Å². The number of hydrogen-bond donors (Lipinski definition) is 1. The third-order valence-electron chi connectivity index (χ3n) is 3.82. The molecule has 1 amide bonds. The van der Waals surface area contributed by atoms with Gasteiger partial charge in [0, 0.05) is 12.1 Å². The largest absolute Gasteiger partial charge is 0.480 e. The van der Waals surface area contributed by atoms with Crippen LogP contribution in [0.3, 0.4) is 0 Å². The molecule has 1 heterocycles. The lowest BCUT2D eigenvalue weighted by atomic mass is 10.0. The number of amides is 1. The zero-order valence-electron chi connectivity index (χ0n) is 11.0. The predicted molar refractivity (Wildman–Crippen MR) is 75.6 cm³/mol. The highest BCUT2D eigenvalue weighted by Gasteiger charge is 2.34. The van der Waals surface area contributed by atoms with Crippen molar-refractivity contribution >= 4 is 22.6 Å². The molecule has 1 saturated heterocycles. The van der Waals surface area contributed by atoms with Gasteiger partial charge in [-0.25, -0.2) is 4.79 Å². The van der Waals surface area contributed by atoms with E-state index in [2.05, 4.69) is 0 Å². The van der Waals surface area contributed by atoms with Crippen LogP contribution in [-0.4, -0.2) is 34.5 Å². The molecule has 2 aromatic rings. The van der Waals surface area contributed by atoms with E-state index in [9.17, 15) is 14.7 Å². The Labute approximate surface area is 116 Å². The Bertz CT molecular complexity index is 675. The fraction of sp³-hybridized carbons (Fsp3) is 0.250. The van der Waals surface area contributed by atoms with Gasteiger partial charge in [-0.3, -0.25) is 4.79 Å². The number of carbonyl (C=O) groups is 2. The summed E-state index contributed by atoms with van der Waals surface area (Å²) in [5.74, 6) is -1.11. The van der Waals surface area contributed by atoms with E-state index in [0.717, 1.165) is 17.2 Å². The van der Waals surface area contributed by atoms with Crippen molar-refractivity contribution in [2.24, 2.45) is 0 Å². The molecule has 20 heavy (non-hydrogen) atoms. The number of fused-ring (bicyclic) bond motifs is 1. The third-order valence-corrected chi connectivity index (χ3v) is 3.82. The van der Waals surface area contributed by atoms with Gasteiger partial charge in [-0.2, -0.15) is 0 Å². The molecule has 0 aromatic heterocycles. The van der Waals surface area contributed by atoms with E-state index < -0.39 is 12.0 Å². The van der Waals surface area contributed by atoms with Gasteiger partial charge in [-0.05, 0) is 29.7 Å². The monoisotopic (exact) mass is 269 g/mol. The number of aliphatic carboxylic acids is 1. The first-order chi connectivity index (χ1) is 9.68. The Balaban J connectivity index is 2.03. The van der Waals surface area contributed by atoms with Crippen molar-refractivity contribution in [2.75, 3.05) is 6.54 Å². The van der Waals surface area contributed by atoms with Gasteiger partial charge in [0.2, 0.25) is 0 Å². The minimum Gasteiger partial charge on any atom is -0.480 e. The summed E-state index contributed by atoms with van der Waals surface area (Å²) in [5.41, 5.74) is 0.580. The number of likely N-dealkylation sites (tertiary alicyclic amines) is 1. The maximum atomic E-state index is 12.6. The third kappa shape index (κ3) is 2.03. The molecular formula is C16H15NO3. The molecule has 1 fully saturated rings. The van der Waals surface area contributed by atoms with E-state index in [4.69, 9.17) is 0 Å². The van der Waals surface area contributed by atoms with E-state index >= 15 is 0 Å². The van der Waals surface area contributed by atoms with Crippen molar-refractivity contribution in [1.29, 1.82) is 0 Å². The molecule has 0 saturated carbocycles. The molecule has 0 bridgehead atoms. The van der Waals surface area contributed by atoms with Crippen LogP contribution in [0.2, 0.25) is 0 Å². The molecule has 0 unspecified atom stereocenters. The molecule has 1 aliphatic rings. The van der Waals surface area contributed by atoms with Crippen molar-refractivity contribution in [1.82, 2.24) is 4.90 Å². The second-order valence-corrected chi connectivity index (χ2v) is 5.02. The van der Waals surface area contributed by atoms with Crippen LogP contribution in [0.4, 0.5) is 0 Å². The van der Waals surface area contributed by atoms with Crippen LogP contribution in [0.5, 0.6) is 0 Å². The second-order valence-electron chi connectivity index (χ2n) is 5.02. The minimum atomic E-state index is -0.920. The SMILES string of the molecule is O=C(O)[C@H]1CCCN1C(=O)c1cccc2ccccc12. The van der Waals surface area contributed by atoms with Gasteiger partial charge in [-0.1, -0.05) is 36.4 Å². The zero-order chi connectivity index (χ0) is 14.1. The predicted octanol–water partition coefficient (Wildman–Crippen LogP) is 2.53. The fourth-order valence-electron chi connectivity index (χ4n) is 2.83. The van der Waals surface area contributed by atoms with Crippen molar-refractivity contribution in [3.63, 3.8) is 0 Å². The highest BCUT2D eigenvalue weighted by Crippen LogP contribution is 2.24. The number of rotatable bonds is 2. The van der Waals surface area contributed by atoms with Gasteiger partial charge in [0.15, 0.2) is 0 Å². The standard InChI is InChI=1S/C16H15NO3/c18-15(17-10-4-9-14(17)16(19)20)13-8-3-6-11-5-1-2-7-12(11)13/h1-3,5-8,14H,4,9-10H2,(H,19,20)/t14-/m1/s1. The summed E-state index contributed by atoms with van der Waals surface area (Å²) < 4.78 is 0. The van der Waals surface area contributed by atoms with Crippen LogP contribution in [0.25, 0.3) is 10.8 Å². The zero-order valence-corrected chi connectivity index (χ0v) is 11.0. The Kier molecular flexibility index (Phi) is 3.14. The lowest BCUT2D eigenvalue weighted by Crippen LogP contribution is -2.40. The summed E-state index contributed by atoms with van der Waals surface area (Å²) in [4.78, 5) is 25.3. The molecular weight excluding hydrogens is 254 g/mol. The molecule has 4 heteroatoms. The van der Waals surface area contributed by atoms with Gasteiger partial charge >= 0.3 is 5.97 Å². The maximum Gasteiger partial charge on any atom is 0.326 e. The van der Waals surface area contributed by atoms with Crippen LogP contribution in [-0.2, 0) is 4.79 Å². The maximum absolute atomic E-state index is 12.6. The summed E-state index contributed by atoms with van der Waals surface area (Å²) in [6.07, 6.45) is 1.28.